The number of hydrogen-bond donors (Lipinski definition) is 0. The normalized spacial score (nSPS) is 11.8. The Morgan fingerprint density at radius 1 is 0.909 bits per heavy atom. The van der Waals surface area contributed by atoms with Crippen LogP contribution in [0.5, 0.6) is 0 Å². The Hall–Kier alpha value is -0.520. The Balaban J connectivity index is 3.09. The van der Waals surface area contributed by atoms with Crippen LogP contribution in [0.2, 0.25) is 0 Å². The molecule has 11 heavy (non-hydrogen) atoms. The first-order chi connectivity index (χ1) is 5.41. The van der Waals surface area contributed by atoms with Gasteiger partial charge in [0.15, 0.2) is 0 Å². The van der Waals surface area contributed by atoms with E-state index in [1.54, 1.807) is 0 Å². The van der Waals surface area contributed by atoms with Crippen molar-refractivity contribution in [2.45, 2.75) is 46.0 Å². The molecule has 0 N–H and O–H groups in total. The van der Waals surface area contributed by atoms with Gasteiger partial charge in [-0.2, -0.15) is 0 Å². The summed E-state index contributed by atoms with van der Waals surface area (Å²) < 4.78 is 0. The fraction of sp³-hybridized carbons (Fsp3) is 0.636. The molecular weight excluding hydrogens is 132 g/mol. The lowest BCUT2D eigenvalue weighted by molar-refractivity contribution is 0.729. The van der Waals surface area contributed by atoms with Crippen molar-refractivity contribution in [3.63, 3.8) is 0 Å². The average molecular weight is 152 g/mol. The van der Waals surface area contributed by atoms with Crippen molar-refractivity contribution in [2.24, 2.45) is 0 Å². The van der Waals surface area contributed by atoms with E-state index in [1.807, 2.05) is 0 Å². The van der Waals surface area contributed by atoms with Gasteiger partial charge >= 0.3 is 0 Å². The fourth-order valence-electron chi connectivity index (χ4n) is 0.902. The molecule has 0 saturated carbocycles. The molecule has 0 fully saturated rings. The second kappa shape index (κ2) is 9.48. The van der Waals surface area contributed by atoms with Crippen LogP contribution in [0.15, 0.2) is 24.3 Å². The summed E-state index contributed by atoms with van der Waals surface area (Å²) in [7, 11) is 0. The first kappa shape index (κ1) is 10.5. The Labute approximate surface area is 71.0 Å². The Morgan fingerprint density at radius 3 is 2.27 bits per heavy atom. The monoisotopic (exact) mass is 152 g/mol. The Morgan fingerprint density at radius 2 is 1.64 bits per heavy atom. The van der Waals surface area contributed by atoms with Crippen molar-refractivity contribution in [3.05, 3.63) is 24.3 Å². The smallest absolute Gasteiger partial charge is 0.0348 e. The molecule has 0 unspecified atom stereocenters. The van der Waals surface area contributed by atoms with Gasteiger partial charge < -0.3 is 0 Å². The topological polar surface area (TPSA) is 0 Å². The molecule has 64 valence electrons. The van der Waals surface area contributed by atoms with Crippen molar-refractivity contribution < 1.29 is 0 Å². The van der Waals surface area contributed by atoms with Crippen molar-refractivity contribution in [2.75, 3.05) is 0 Å². The summed E-state index contributed by atoms with van der Waals surface area (Å²) in [5, 5.41) is 0. The van der Waals surface area contributed by atoms with Gasteiger partial charge in [-0.1, -0.05) is 51.0 Å². The van der Waals surface area contributed by atoms with Crippen LogP contribution in [-0.4, -0.2) is 0 Å². The van der Waals surface area contributed by atoms with Crippen LogP contribution < -0.4 is 0 Å². The SMILES string of the molecule is CC/C=C/C=C\CCCCC. The van der Waals surface area contributed by atoms with Crippen LogP contribution in [0.25, 0.3) is 0 Å². The quantitative estimate of drug-likeness (QED) is 0.397. The molecule has 0 saturated heterocycles. The molecule has 0 aromatic heterocycles. The van der Waals surface area contributed by atoms with Gasteiger partial charge in [-0.15, -0.1) is 0 Å². The van der Waals surface area contributed by atoms with E-state index in [-0.39, 0.29) is 0 Å². The Kier molecular flexibility index (Phi) is 9.03. The molecule has 0 aliphatic rings. The van der Waals surface area contributed by atoms with Crippen molar-refractivity contribution in [1.82, 2.24) is 0 Å². The molecule has 0 heteroatoms. The molecule has 0 aliphatic heterocycles. The molecule has 0 amide bonds. The highest BCUT2D eigenvalue weighted by Gasteiger charge is 1.79. The highest BCUT2D eigenvalue weighted by atomic mass is 13.9. The van der Waals surface area contributed by atoms with Crippen LogP contribution in [0.3, 0.4) is 0 Å². The first-order valence-electron chi connectivity index (χ1n) is 4.73. The molecule has 0 aromatic rings. The molecule has 0 aliphatic carbocycles. The van der Waals surface area contributed by atoms with E-state index in [0.29, 0.717) is 0 Å². The third kappa shape index (κ3) is 9.48. The van der Waals surface area contributed by atoms with Crippen LogP contribution >= 0.6 is 0 Å². The van der Waals surface area contributed by atoms with Gasteiger partial charge in [-0.05, 0) is 19.3 Å². The Bertz CT molecular complexity index is 109. The third-order valence-corrected chi connectivity index (χ3v) is 1.59. The average Bonchev–Trinajstić information content (AvgIpc) is 2.03. The maximum atomic E-state index is 2.25. The maximum absolute atomic E-state index is 2.25. The first-order valence-corrected chi connectivity index (χ1v) is 4.73. The molecular formula is C11H20. The molecule has 0 rings (SSSR count). The van der Waals surface area contributed by atoms with Crippen LogP contribution in [0, 0.1) is 0 Å². The minimum Gasteiger partial charge on any atom is -0.0848 e. The van der Waals surface area contributed by atoms with Crippen LogP contribution in [0.1, 0.15) is 46.0 Å². The highest BCUT2D eigenvalue weighted by molar-refractivity contribution is 5.01. The molecule has 0 nitrogen and oxygen atoms in total. The molecule has 0 atom stereocenters. The number of allylic oxidation sites excluding steroid dienone is 4. The van der Waals surface area contributed by atoms with Gasteiger partial charge in [-0.25, -0.2) is 0 Å². The summed E-state index contributed by atoms with van der Waals surface area (Å²) in [6.07, 6.45) is 15.1. The van der Waals surface area contributed by atoms with E-state index in [1.165, 1.54) is 25.7 Å². The van der Waals surface area contributed by atoms with E-state index >= 15 is 0 Å². The molecule has 0 aromatic carbocycles. The standard InChI is InChI=1S/C11H20/c1-3-5-7-9-11-10-8-6-4-2/h5,7,9,11H,3-4,6,8,10H2,1-2H3/b7-5+,11-9-. The van der Waals surface area contributed by atoms with Crippen LogP contribution in [0.4, 0.5) is 0 Å². The second-order valence-electron chi connectivity index (χ2n) is 2.76. The zero-order chi connectivity index (χ0) is 8.36. The molecule has 0 spiro atoms. The van der Waals surface area contributed by atoms with Gasteiger partial charge in [0, 0.05) is 0 Å². The predicted octanol–water partition coefficient (Wildman–Crippen LogP) is 4.09. The lowest BCUT2D eigenvalue weighted by Gasteiger charge is -1.89. The van der Waals surface area contributed by atoms with Crippen molar-refractivity contribution in [3.8, 4) is 0 Å². The summed E-state index contributed by atoms with van der Waals surface area (Å²) in [5.41, 5.74) is 0. The number of unbranched alkanes of at least 4 members (excludes halogenated alkanes) is 3. The summed E-state index contributed by atoms with van der Waals surface area (Å²) in [4.78, 5) is 0. The molecule has 0 heterocycles. The van der Waals surface area contributed by atoms with Gasteiger partial charge in [0.1, 0.15) is 0 Å². The van der Waals surface area contributed by atoms with Gasteiger partial charge in [0.2, 0.25) is 0 Å². The van der Waals surface area contributed by atoms with Crippen molar-refractivity contribution in [1.29, 1.82) is 0 Å². The second-order valence-corrected chi connectivity index (χ2v) is 2.76. The fourth-order valence-corrected chi connectivity index (χ4v) is 0.902. The summed E-state index contributed by atoms with van der Waals surface area (Å²) in [6.45, 7) is 4.39. The van der Waals surface area contributed by atoms with Crippen molar-refractivity contribution >= 4 is 0 Å². The zero-order valence-corrected chi connectivity index (χ0v) is 7.84. The highest BCUT2D eigenvalue weighted by Crippen LogP contribution is 1.99. The zero-order valence-electron chi connectivity index (χ0n) is 7.84. The van der Waals surface area contributed by atoms with Gasteiger partial charge in [0.25, 0.3) is 0 Å². The number of rotatable bonds is 6. The predicted molar refractivity (Wildman–Crippen MR) is 52.7 cm³/mol. The van der Waals surface area contributed by atoms with E-state index in [9.17, 15) is 0 Å². The number of hydrogen-bond acceptors (Lipinski definition) is 0. The van der Waals surface area contributed by atoms with Crippen LogP contribution in [-0.2, 0) is 0 Å². The minimum atomic E-state index is 1.14. The summed E-state index contributed by atoms with van der Waals surface area (Å²) in [6, 6.07) is 0. The van der Waals surface area contributed by atoms with E-state index in [2.05, 4.69) is 38.2 Å². The minimum absolute atomic E-state index is 1.14. The molecule has 0 bridgehead atoms. The largest absolute Gasteiger partial charge is 0.0848 e. The van der Waals surface area contributed by atoms with E-state index in [0.717, 1.165) is 6.42 Å². The van der Waals surface area contributed by atoms with Gasteiger partial charge in [0.05, 0.1) is 0 Å². The van der Waals surface area contributed by atoms with E-state index < -0.39 is 0 Å². The lowest BCUT2D eigenvalue weighted by atomic mass is 10.2. The lowest BCUT2D eigenvalue weighted by Crippen LogP contribution is -1.69. The third-order valence-electron chi connectivity index (χ3n) is 1.59. The maximum Gasteiger partial charge on any atom is -0.0348 e. The summed E-state index contributed by atoms with van der Waals surface area (Å²) >= 11 is 0. The van der Waals surface area contributed by atoms with Gasteiger partial charge in [-0.3, -0.25) is 0 Å². The van der Waals surface area contributed by atoms with E-state index in [4.69, 9.17) is 0 Å². The summed E-state index contributed by atoms with van der Waals surface area (Å²) in [5.74, 6) is 0. The molecule has 0 radical (unpaired) electrons.